The first kappa shape index (κ1) is 13.1. The highest BCUT2D eigenvalue weighted by Crippen LogP contribution is 2.05. The van der Waals surface area contributed by atoms with Crippen molar-refractivity contribution in [2.24, 2.45) is 11.0 Å². The molecular weight excluding hydrogens is 226 g/mol. The Hall–Kier alpha value is -1.92. The molecule has 1 unspecified atom stereocenters. The first-order valence-corrected chi connectivity index (χ1v) is 5.25. The fraction of sp³-hybridized carbons (Fsp3) is 0.600. The quantitative estimate of drug-likeness (QED) is 0.688. The molecule has 0 aromatic rings. The number of hydrogen-bond acceptors (Lipinski definition) is 4. The van der Waals surface area contributed by atoms with E-state index in [0.717, 1.165) is 0 Å². The van der Waals surface area contributed by atoms with E-state index in [9.17, 15) is 14.4 Å². The number of hydrazone groups is 1. The Bertz CT molecular complexity index is 378. The lowest BCUT2D eigenvalue weighted by Crippen LogP contribution is -2.40. The number of nitrogens with zero attached hydrogens (tertiary/aromatic N) is 2. The fourth-order valence-corrected chi connectivity index (χ4v) is 1.42. The number of aliphatic carboxylic acids is 1. The molecule has 7 nitrogen and oxygen atoms in total. The average Bonchev–Trinajstić information content (AvgIpc) is 2.28. The van der Waals surface area contributed by atoms with Crippen molar-refractivity contribution in [3.8, 4) is 0 Å². The van der Waals surface area contributed by atoms with Gasteiger partial charge in [0.25, 0.3) is 5.91 Å². The summed E-state index contributed by atoms with van der Waals surface area (Å²) in [5, 5.41) is 12.4. The molecule has 0 saturated heterocycles. The molecule has 2 N–H and O–H groups in total. The maximum Gasteiger partial charge on any atom is 0.308 e. The second-order valence-electron chi connectivity index (χ2n) is 4.02. The smallest absolute Gasteiger partial charge is 0.308 e. The lowest BCUT2D eigenvalue weighted by molar-refractivity contribution is -0.142. The highest BCUT2D eigenvalue weighted by atomic mass is 16.4. The molecule has 1 aliphatic heterocycles. The second kappa shape index (κ2) is 5.42. The summed E-state index contributed by atoms with van der Waals surface area (Å²) in [6.07, 6.45) is 0.517. The van der Waals surface area contributed by atoms with Crippen LogP contribution in [0.1, 0.15) is 19.8 Å². The Morgan fingerprint density at radius 1 is 1.53 bits per heavy atom. The highest BCUT2D eigenvalue weighted by molar-refractivity contribution is 6.39. The van der Waals surface area contributed by atoms with Crippen molar-refractivity contribution >= 4 is 23.5 Å². The Morgan fingerprint density at radius 2 is 2.18 bits per heavy atom. The molecule has 1 heterocycles. The minimum atomic E-state index is -0.955. The zero-order valence-electron chi connectivity index (χ0n) is 9.77. The molecule has 7 heteroatoms. The molecule has 1 rings (SSSR count). The van der Waals surface area contributed by atoms with Gasteiger partial charge in [-0.15, -0.1) is 0 Å². The average molecular weight is 241 g/mol. The number of carbonyl (C=O) groups is 3. The molecule has 0 fully saturated rings. The topological polar surface area (TPSA) is 99.1 Å². The van der Waals surface area contributed by atoms with Crippen molar-refractivity contribution in [1.29, 1.82) is 0 Å². The predicted octanol–water partition coefficient (Wildman–Crippen LogP) is -0.568. The molecule has 2 amide bonds. The predicted molar refractivity (Wildman–Crippen MR) is 59.2 cm³/mol. The zero-order chi connectivity index (χ0) is 13.0. The van der Waals surface area contributed by atoms with Gasteiger partial charge in [0.2, 0.25) is 5.91 Å². The van der Waals surface area contributed by atoms with Gasteiger partial charge >= 0.3 is 5.97 Å². The van der Waals surface area contributed by atoms with E-state index in [4.69, 9.17) is 5.11 Å². The first-order valence-electron chi connectivity index (χ1n) is 5.25. The van der Waals surface area contributed by atoms with Crippen molar-refractivity contribution in [2.75, 3.05) is 13.6 Å². The van der Waals surface area contributed by atoms with Crippen LogP contribution in [0.4, 0.5) is 0 Å². The highest BCUT2D eigenvalue weighted by Gasteiger charge is 2.23. The second-order valence-corrected chi connectivity index (χ2v) is 4.02. The van der Waals surface area contributed by atoms with Crippen LogP contribution in [-0.4, -0.2) is 47.1 Å². The van der Waals surface area contributed by atoms with E-state index < -0.39 is 11.9 Å². The molecule has 0 bridgehead atoms. The Morgan fingerprint density at radius 3 is 2.65 bits per heavy atom. The summed E-state index contributed by atoms with van der Waals surface area (Å²) in [6.45, 7) is 1.64. The van der Waals surface area contributed by atoms with Crippen molar-refractivity contribution in [3.05, 3.63) is 0 Å². The van der Waals surface area contributed by atoms with Crippen molar-refractivity contribution in [1.82, 2.24) is 10.3 Å². The lowest BCUT2D eigenvalue weighted by atomic mass is 10.1. The van der Waals surface area contributed by atoms with Crippen LogP contribution in [0.3, 0.4) is 0 Å². The molecule has 0 aliphatic carbocycles. The van der Waals surface area contributed by atoms with E-state index in [1.807, 2.05) is 0 Å². The third-order valence-electron chi connectivity index (χ3n) is 2.47. The van der Waals surface area contributed by atoms with E-state index in [1.54, 1.807) is 0 Å². The third kappa shape index (κ3) is 3.54. The van der Waals surface area contributed by atoms with Crippen molar-refractivity contribution in [2.45, 2.75) is 19.8 Å². The number of amides is 2. The number of carbonyl (C=O) groups excluding carboxylic acids is 2. The van der Waals surface area contributed by atoms with Crippen LogP contribution < -0.4 is 5.43 Å². The van der Waals surface area contributed by atoms with Gasteiger partial charge in [0, 0.05) is 26.4 Å². The van der Waals surface area contributed by atoms with Crippen LogP contribution in [0.15, 0.2) is 5.10 Å². The monoisotopic (exact) mass is 241 g/mol. The summed E-state index contributed by atoms with van der Waals surface area (Å²) >= 11 is 0. The fourth-order valence-electron chi connectivity index (χ4n) is 1.42. The van der Waals surface area contributed by atoms with Crippen LogP contribution in [0.25, 0.3) is 0 Å². The standard InChI is InChI=1S/C10H15N3O4/c1-6(10(16)17)5-13(2)9(15)7-3-4-8(14)12-11-7/h6H,3-5H2,1-2H3,(H,12,14)(H,16,17). The van der Waals surface area contributed by atoms with Gasteiger partial charge in [-0.3, -0.25) is 14.4 Å². The molecule has 0 aromatic heterocycles. The molecule has 17 heavy (non-hydrogen) atoms. The Balaban J connectivity index is 2.58. The first-order chi connectivity index (χ1) is 7.91. The van der Waals surface area contributed by atoms with Crippen LogP contribution in [0.5, 0.6) is 0 Å². The largest absolute Gasteiger partial charge is 0.481 e. The summed E-state index contributed by atoms with van der Waals surface area (Å²) in [6, 6.07) is 0. The lowest BCUT2D eigenvalue weighted by Gasteiger charge is -2.21. The molecule has 1 aliphatic rings. The maximum absolute atomic E-state index is 11.8. The minimum absolute atomic E-state index is 0.112. The van der Waals surface area contributed by atoms with Gasteiger partial charge in [-0.1, -0.05) is 6.92 Å². The summed E-state index contributed by atoms with van der Waals surface area (Å²) in [5.74, 6) is -2.16. The number of carboxylic acids is 1. The maximum atomic E-state index is 11.8. The van der Waals surface area contributed by atoms with Crippen LogP contribution in [0, 0.1) is 5.92 Å². The molecular formula is C10H15N3O4. The molecule has 0 radical (unpaired) electrons. The van der Waals surface area contributed by atoms with Crippen LogP contribution in [-0.2, 0) is 14.4 Å². The van der Waals surface area contributed by atoms with Gasteiger partial charge in [-0.2, -0.15) is 5.10 Å². The summed E-state index contributed by atoms with van der Waals surface area (Å²) in [7, 11) is 1.51. The van der Waals surface area contributed by atoms with E-state index in [-0.39, 0.29) is 36.9 Å². The molecule has 0 saturated carbocycles. The summed E-state index contributed by atoms with van der Waals surface area (Å²) in [4.78, 5) is 34.6. The number of nitrogens with one attached hydrogen (secondary N) is 1. The van der Waals surface area contributed by atoms with Gasteiger partial charge < -0.3 is 10.0 Å². The van der Waals surface area contributed by atoms with Gasteiger partial charge in [-0.25, -0.2) is 5.43 Å². The molecule has 0 spiro atoms. The van der Waals surface area contributed by atoms with E-state index in [2.05, 4.69) is 10.5 Å². The van der Waals surface area contributed by atoms with Gasteiger partial charge in [-0.05, 0) is 0 Å². The summed E-state index contributed by atoms with van der Waals surface area (Å²) in [5.41, 5.74) is 2.48. The van der Waals surface area contributed by atoms with Crippen LogP contribution in [0.2, 0.25) is 0 Å². The zero-order valence-corrected chi connectivity index (χ0v) is 9.77. The SMILES string of the molecule is CC(CN(C)C(=O)C1=NNC(=O)CC1)C(=O)O. The van der Waals surface area contributed by atoms with Crippen LogP contribution >= 0.6 is 0 Å². The molecule has 1 atom stereocenters. The van der Waals surface area contributed by atoms with E-state index in [1.165, 1.54) is 18.9 Å². The Kier molecular flexibility index (Phi) is 4.19. The minimum Gasteiger partial charge on any atom is -0.481 e. The summed E-state index contributed by atoms with van der Waals surface area (Å²) < 4.78 is 0. The number of hydrogen-bond donors (Lipinski definition) is 2. The van der Waals surface area contributed by atoms with Gasteiger partial charge in [0.15, 0.2) is 0 Å². The van der Waals surface area contributed by atoms with Crippen molar-refractivity contribution < 1.29 is 19.5 Å². The van der Waals surface area contributed by atoms with E-state index >= 15 is 0 Å². The molecule has 0 aromatic carbocycles. The molecule has 94 valence electrons. The Labute approximate surface area is 98.5 Å². The number of rotatable bonds is 4. The third-order valence-corrected chi connectivity index (χ3v) is 2.47. The number of carboxylic acid groups (broad SMARTS) is 1. The van der Waals surface area contributed by atoms with Gasteiger partial charge in [0.05, 0.1) is 5.92 Å². The van der Waals surface area contributed by atoms with E-state index in [0.29, 0.717) is 0 Å². The normalized spacial score (nSPS) is 16.8. The van der Waals surface area contributed by atoms with Gasteiger partial charge in [0.1, 0.15) is 5.71 Å². The van der Waals surface area contributed by atoms with Crippen molar-refractivity contribution in [3.63, 3.8) is 0 Å².